The number of carboxylic acid groups (broad SMARTS) is 4. The van der Waals surface area contributed by atoms with E-state index < -0.39 is 23.9 Å². The topological polar surface area (TPSA) is 161 Å². The van der Waals surface area contributed by atoms with Gasteiger partial charge in [-0.2, -0.15) is 0 Å². The molecule has 0 aromatic carbocycles. The van der Waals surface area contributed by atoms with Gasteiger partial charge in [-0.15, -0.1) is 0 Å². The first-order valence-corrected chi connectivity index (χ1v) is 19.8. The summed E-state index contributed by atoms with van der Waals surface area (Å²) in [4.78, 5) is 42.1. The summed E-state index contributed by atoms with van der Waals surface area (Å²) in [5.74, 6) is -6.04. The molecule has 52 heavy (non-hydrogen) atoms. The van der Waals surface area contributed by atoms with E-state index in [1.54, 1.807) is 12.2 Å². The fourth-order valence-corrected chi connectivity index (χ4v) is 5.58. The minimum atomic E-state index is -1.52. The van der Waals surface area contributed by atoms with Crippen molar-refractivity contribution in [2.45, 2.75) is 194 Å². The summed E-state index contributed by atoms with van der Waals surface area (Å²) in [5, 5.41) is 42.1. The molecule has 0 saturated heterocycles. The first-order chi connectivity index (χ1) is 24.1. The quantitative estimate of drug-likeness (QED) is 0.0328. The van der Waals surface area contributed by atoms with Crippen molar-refractivity contribution in [3.05, 3.63) is 47.6 Å². The number of carbonyl (C=O) groups excluding carboxylic acids is 4. The van der Waals surface area contributed by atoms with Crippen LogP contribution in [0.4, 0.5) is 0 Å². The Morgan fingerprint density at radius 2 is 0.577 bits per heavy atom. The number of carboxylic acids is 4. The van der Waals surface area contributed by atoms with E-state index in [-0.39, 0.29) is 57.3 Å². The molecule has 0 spiro atoms. The summed E-state index contributed by atoms with van der Waals surface area (Å²) < 4.78 is 0. The van der Waals surface area contributed by atoms with Crippen molar-refractivity contribution in [1.82, 2.24) is 0 Å². The summed E-state index contributed by atoms with van der Waals surface area (Å²) >= 11 is 0. The summed E-state index contributed by atoms with van der Waals surface area (Å²) in [6, 6.07) is 0. The van der Waals surface area contributed by atoms with Gasteiger partial charge in [-0.1, -0.05) is 192 Å². The standard InChI is InChI=1S/2C21H36O4.2Mg/c2*1-2-3-4-5-6-7-8-9-10-11-12-13-14-15-16-17-19(21(24)25)18-20(22)23;;/h2*16-18H,2-15H2,1H3,(H,22,23)(H,24,25);;/q;;2*+2/p-4/b2*17-16+,19-18-;;. The van der Waals surface area contributed by atoms with Gasteiger partial charge in [0, 0.05) is 0 Å². The maximum atomic E-state index is 10.7. The summed E-state index contributed by atoms with van der Waals surface area (Å²) in [6.45, 7) is 4.49. The van der Waals surface area contributed by atoms with Crippen LogP contribution in [0.5, 0.6) is 0 Å². The molecular formula is C42H68Mg2O8. The Hall–Kier alpha value is -1.63. The van der Waals surface area contributed by atoms with Gasteiger partial charge in [0.1, 0.15) is 0 Å². The molecule has 0 aromatic heterocycles. The van der Waals surface area contributed by atoms with Crippen LogP contribution in [0.25, 0.3) is 0 Å². The van der Waals surface area contributed by atoms with Crippen molar-refractivity contribution < 1.29 is 39.6 Å². The molecule has 0 atom stereocenters. The average molecular weight is 750 g/mol. The molecule has 288 valence electrons. The van der Waals surface area contributed by atoms with E-state index >= 15 is 0 Å². The number of allylic oxidation sites excluding steroid dienone is 2. The smallest absolute Gasteiger partial charge is 0.545 e. The van der Waals surface area contributed by atoms with Gasteiger partial charge in [-0.3, -0.25) is 0 Å². The Labute approximate surface area is 348 Å². The second kappa shape index (κ2) is 45.5. The minimum Gasteiger partial charge on any atom is -0.545 e. The number of carbonyl (C=O) groups is 4. The molecule has 0 bridgehead atoms. The van der Waals surface area contributed by atoms with Gasteiger partial charge in [-0.25, -0.2) is 0 Å². The number of aliphatic carboxylic acids is 4. The Morgan fingerprint density at radius 1 is 0.365 bits per heavy atom. The second-order valence-electron chi connectivity index (χ2n) is 13.3. The monoisotopic (exact) mass is 748 g/mol. The van der Waals surface area contributed by atoms with Crippen LogP contribution in [-0.2, 0) is 19.2 Å². The number of hydrogen-bond donors (Lipinski definition) is 0. The molecule has 0 saturated carbocycles. The van der Waals surface area contributed by atoms with E-state index in [9.17, 15) is 39.6 Å². The molecule has 0 aliphatic rings. The van der Waals surface area contributed by atoms with E-state index in [1.165, 1.54) is 153 Å². The van der Waals surface area contributed by atoms with Crippen LogP contribution < -0.4 is 20.4 Å². The average Bonchev–Trinajstić information content (AvgIpc) is 3.07. The molecule has 0 unspecified atom stereocenters. The molecule has 0 aromatic rings. The van der Waals surface area contributed by atoms with Gasteiger partial charge in [-0.05, 0) is 49.0 Å². The van der Waals surface area contributed by atoms with Gasteiger partial charge in [0.15, 0.2) is 0 Å². The first kappa shape index (κ1) is 57.1. The van der Waals surface area contributed by atoms with E-state index in [0.29, 0.717) is 12.2 Å². The molecule has 0 aliphatic carbocycles. The molecule has 0 amide bonds. The molecule has 0 aliphatic heterocycles. The van der Waals surface area contributed by atoms with Crippen LogP contribution in [0, 0.1) is 0 Å². The van der Waals surface area contributed by atoms with Crippen LogP contribution in [0.2, 0.25) is 0 Å². The second-order valence-corrected chi connectivity index (χ2v) is 13.3. The fourth-order valence-electron chi connectivity index (χ4n) is 5.58. The first-order valence-electron chi connectivity index (χ1n) is 19.8. The molecule has 8 nitrogen and oxygen atoms in total. The maximum absolute atomic E-state index is 10.7. The molecular weight excluding hydrogens is 681 g/mol. The Morgan fingerprint density at radius 3 is 0.769 bits per heavy atom. The van der Waals surface area contributed by atoms with E-state index in [0.717, 1.165) is 38.5 Å². The molecule has 10 heteroatoms. The van der Waals surface area contributed by atoms with Crippen molar-refractivity contribution in [2.24, 2.45) is 0 Å². The van der Waals surface area contributed by atoms with Crippen LogP contribution in [0.15, 0.2) is 47.6 Å². The third-order valence-corrected chi connectivity index (χ3v) is 8.56. The minimum absolute atomic E-state index is 0. The predicted octanol–water partition coefficient (Wildman–Crippen LogP) is 6.14. The largest absolute Gasteiger partial charge is 2.00 e. The molecule has 0 rings (SSSR count). The van der Waals surface area contributed by atoms with Crippen LogP contribution in [0.3, 0.4) is 0 Å². The van der Waals surface area contributed by atoms with E-state index in [1.807, 2.05) is 0 Å². The molecule has 0 N–H and O–H groups in total. The summed E-state index contributed by atoms with van der Waals surface area (Å²) in [5.41, 5.74) is -0.704. The van der Waals surface area contributed by atoms with Crippen molar-refractivity contribution in [3.63, 3.8) is 0 Å². The third-order valence-electron chi connectivity index (χ3n) is 8.56. The fraction of sp³-hybridized carbons (Fsp3) is 0.714. The van der Waals surface area contributed by atoms with Crippen LogP contribution >= 0.6 is 0 Å². The zero-order chi connectivity index (χ0) is 37.5. The SMILES string of the molecule is CCCCCCCCCCCCCCC/C=C/C(=C/C(=O)[O-])C(=O)[O-].CCCCCCCCCCCCCCC/C=C/C(=C/C(=O)[O-])C(=O)[O-].[Mg+2].[Mg+2]. The molecule has 0 fully saturated rings. The maximum Gasteiger partial charge on any atom is 2.00 e. The van der Waals surface area contributed by atoms with Gasteiger partial charge in [0.25, 0.3) is 0 Å². The Kier molecular flexibility index (Phi) is 50.0. The van der Waals surface area contributed by atoms with Crippen molar-refractivity contribution in [3.8, 4) is 0 Å². The Balaban J connectivity index is -0.000000427. The van der Waals surface area contributed by atoms with E-state index in [2.05, 4.69) is 13.8 Å². The van der Waals surface area contributed by atoms with Gasteiger partial charge >= 0.3 is 46.1 Å². The van der Waals surface area contributed by atoms with Gasteiger partial charge < -0.3 is 39.6 Å². The zero-order valence-corrected chi connectivity index (χ0v) is 35.8. The van der Waals surface area contributed by atoms with Crippen LogP contribution in [-0.4, -0.2) is 70.0 Å². The number of unbranched alkanes of at least 4 members (excludes halogenated alkanes) is 26. The van der Waals surface area contributed by atoms with Gasteiger partial charge in [0.05, 0.1) is 23.9 Å². The zero-order valence-electron chi connectivity index (χ0n) is 32.9. The van der Waals surface area contributed by atoms with Crippen molar-refractivity contribution in [2.75, 3.05) is 0 Å². The summed E-state index contributed by atoms with van der Waals surface area (Å²) in [7, 11) is 0. The van der Waals surface area contributed by atoms with E-state index in [4.69, 9.17) is 0 Å². The molecule has 0 heterocycles. The summed E-state index contributed by atoms with van der Waals surface area (Å²) in [6.07, 6.45) is 42.0. The molecule has 0 radical (unpaired) electrons. The predicted molar refractivity (Wildman–Crippen MR) is 207 cm³/mol. The Bertz CT molecular complexity index is 910. The van der Waals surface area contributed by atoms with Crippen LogP contribution in [0.1, 0.15) is 194 Å². The van der Waals surface area contributed by atoms with Gasteiger partial charge in [0.2, 0.25) is 0 Å². The third kappa shape index (κ3) is 46.4. The van der Waals surface area contributed by atoms with Crippen molar-refractivity contribution in [1.29, 1.82) is 0 Å². The van der Waals surface area contributed by atoms with Crippen molar-refractivity contribution >= 4 is 70.0 Å². The number of rotatable bonds is 34. The number of hydrogen-bond acceptors (Lipinski definition) is 8. The normalized spacial score (nSPS) is 11.5.